The smallest absolute Gasteiger partial charge is 0.115 e. The third-order valence-electron chi connectivity index (χ3n) is 7.02. The second kappa shape index (κ2) is 7.42. The molecule has 2 heteroatoms. The molecular formula is C30H26N2. The van der Waals surface area contributed by atoms with Gasteiger partial charge in [-0.25, -0.2) is 0 Å². The Morgan fingerprint density at radius 3 is 1.84 bits per heavy atom. The number of fused-ring (bicyclic) bond motifs is 5. The summed E-state index contributed by atoms with van der Waals surface area (Å²) in [5.74, 6) is 0.659. The second-order valence-corrected chi connectivity index (χ2v) is 8.70. The van der Waals surface area contributed by atoms with Gasteiger partial charge < -0.3 is 9.80 Å². The minimum Gasteiger partial charge on any atom is -0.318 e. The van der Waals surface area contributed by atoms with Gasteiger partial charge in [-0.1, -0.05) is 91.9 Å². The lowest BCUT2D eigenvalue weighted by atomic mass is 9.80. The normalized spacial score (nSPS) is 21.0. The molecule has 0 bridgehead atoms. The van der Waals surface area contributed by atoms with Crippen LogP contribution in [0.1, 0.15) is 18.4 Å². The Morgan fingerprint density at radius 1 is 0.625 bits per heavy atom. The highest BCUT2D eigenvalue weighted by Crippen LogP contribution is 2.57. The largest absolute Gasteiger partial charge is 0.318 e. The molecule has 156 valence electrons. The van der Waals surface area contributed by atoms with Crippen LogP contribution >= 0.6 is 0 Å². The maximum absolute atomic E-state index is 4.22. The molecule has 2 aliphatic heterocycles. The number of hydrogen-bond donors (Lipinski definition) is 0. The minimum absolute atomic E-state index is 0.176. The number of allylic oxidation sites excluding steroid dienone is 1. The van der Waals surface area contributed by atoms with Gasteiger partial charge in [-0.3, -0.25) is 0 Å². The van der Waals surface area contributed by atoms with Crippen molar-refractivity contribution in [3.63, 3.8) is 0 Å². The van der Waals surface area contributed by atoms with Gasteiger partial charge in [-0.15, -0.1) is 6.58 Å². The Morgan fingerprint density at radius 2 is 1.16 bits per heavy atom. The molecule has 0 aromatic heterocycles. The third kappa shape index (κ3) is 2.66. The zero-order valence-corrected chi connectivity index (χ0v) is 18.2. The summed E-state index contributed by atoms with van der Waals surface area (Å²) in [7, 11) is 0. The average molecular weight is 415 g/mol. The molecule has 0 aliphatic carbocycles. The Bertz CT molecular complexity index is 1290. The lowest BCUT2D eigenvalue weighted by Crippen LogP contribution is -2.48. The summed E-state index contributed by atoms with van der Waals surface area (Å²) in [6.45, 7) is 6.59. The van der Waals surface area contributed by atoms with Crippen LogP contribution in [0.15, 0.2) is 116 Å². The first-order chi connectivity index (χ1) is 15.8. The van der Waals surface area contributed by atoms with E-state index in [1.165, 1.54) is 39.4 Å². The van der Waals surface area contributed by atoms with Crippen molar-refractivity contribution < 1.29 is 0 Å². The SMILES string of the molecule is C=CC1c2ccccc2N2c3ccccc3N(c3ccccc3-c3ccccc3)C2C1C. The topological polar surface area (TPSA) is 6.48 Å². The van der Waals surface area contributed by atoms with E-state index in [1.54, 1.807) is 0 Å². The predicted molar refractivity (Wildman–Crippen MR) is 135 cm³/mol. The molecule has 2 nitrogen and oxygen atoms in total. The minimum atomic E-state index is 0.176. The van der Waals surface area contributed by atoms with E-state index in [9.17, 15) is 0 Å². The van der Waals surface area contributed by atoms with Gasteiger partial charge in [-0.2, -0.15) is 0 Å². The van der Waals surface area contributed by atoms with Gasteiger partial charge in [0.25, 0.3) is 0 Å². The summed E-state index contributed by atoms with van der Waals surface area (Å²) >= 11 is 0. The van der Waals surface area contributed by atoms with Crippen LogP contribution in [0.3, 0.4) is 0 Å². The van der Waals surface area contributed by atoms with Crippen molar-refractivity contribution in [3.05, 3.63) is 121 Å². The fourth-order valence-corrected chi connectivity index (χ4v) is 5.63. The molecule has 3 unspecified atom stereocenters. The van der Waals surface area contributed by atoms with E-state index in [4.69, 9.17) is 0 Å². The highest BCUT2D eigenvalue weighted by molar-refractivity contribution is 5.94. The Kier molecular flexibility index (Phi) is 4.39. The summed E-state index contributed by atoms with van der Waals surface area (Å²) in [5.41, 5.74) is 8.91. The lowest BCUT2D eigenvalue weighted by molar-refractivity contribution is 0.410. The van der Waals surface area contributed by atoms with Crippen LogP contribution in [-0.4, -0.2) is 6.17 Å². The molecule has 2 aliphatic rings. The standard InChI is InChI=1S/C30H26N2/c1-3-23-21(2)30-31(26-17-9-7-15-24(26)22-13-5-4-6-14-22)28-19-11-12-20-29(28)32(30)27-18-10-8-16-25(23)27/h3-21,23,30H,1H2,2H3. The number of para-hydroxylation sites is 4. The van der Waals surface area contributed by atoms with Gasteiger partial charge in [0, 0.05) is 23.1 Å². The van der Waals surface area contributed by atoms with Crippen molar-refractivity contribution in [1.82, 2.24) is 0 Å². The van der Waals surface area contributed by atoms with E-state index in [2.05, 4.69) is 133 Å². The van der Waals surface area contributed by atoms with Crippen LogP contribution < -0.4 is 9.80 Å². The van der Waals surface area contributed by atoms with Crippen molar-refractivity contribution in [3.8, 4) is 11.1 Å². The first kappa shape index (κ1) is 18.9. The maximum atomic E-state index is 4.22. The van der Waals surface area contributed by atoms with Gasteiger partial charge in [0.2, 0.25) is 0 Å². The predicted octanol–water partition coefficient (Wildman–Crippen LogP) is 7.89. The van der Waals surface area contributed by atoms with Crippen LogP contribution in [0.2, 0.25) is 0 Å². The molecule has 0 radical (unpaired) electrons. The summed E-state index contributed by atoms with van der Waals surface area (Å²) in [6, 6.07) is 37.1. The number of anilines is 4. The van der Waals surface area contributed by atoms with E-state index in [0.29, 0.717) is 11.8 Å². The summed E-state index contributed by atoms with van der Waals surface area (Å²) in [4.78, 5) is 5.09. The van der Waals surface area contributed by atoms with Crippen LogP contribution in [0.4, 0.5) is 22.7 Å². The molecule has 0 N–H and O–H groups in total. The van der Waals surface area contributed by atoms with Crippen molar-refractivity contribution >= 4 is 22.7 Å². The van der Waals surface area contributed by atoms with E-state index in [1.807, 2.05) is 0 Å². The molecular weight excluding hydrogens is 388 g/mol. The average Bonchev–Trinajstić information content (AvgIpc) is 3.21. The fraction of sp³-hybridized carbons (Fsp3) is 0.133. The van der Waals surface area contributed by atoms with E-state index >= 15 is 0 Å². The van der Waals surface area contributed by atoms with Crippen LogP contribution in [-0.2, 0) is 0 Å². The Hall–Kier alpha value is -3.78. The quantitative estimate of drug-likeness (QED) is 0.314. The molecule has 4 aromatic carbocycles. The van der Waals surface area contributed by atoms with Gasteiger partial charge in [0.1, 0.15) is 6.17 Å². The monoisotopic (exact) mass is 414 g/mol. The van der Waals surface area contributed by atoms with Gasteiger partial charge in [0.05, 0.1) is 17.1 Å². The second-order valence-electron chi connectivity index (χ2n) is 8.70. The Balaban J connectivity index is 1.61. The zero-order valence-electron chi connectivity index (χ0n) is 18.2. The van der Waals surface area contributed by atoms with Gasteiger partial charge in [-0.05, 0) is 35.4 Å². The summed E-state index contributed by atoms with van der Waals surface area (Å²) in [5, 5.41) is 0. The van der Waals surface area contributed by atoms with Crippen molar-refractivity contribution in [1.29, 1.82) is 0 Å². The molecule has 6 rings (SSSR count). The number of hydrogen-bond acceptors (Lipinski definition) is 2. The maximum Gasteiger partial charge on any atom is 0.115 e. The number of rotatable bonds is 3. The first-order valence-electron chi connectivity index (χ1n) is 11.3. The third-order valence-corrected chi connectivity index (χ3v) is 7.02. The molecule has 0 amide bonds. The van der Waals surface area contributed by atoms with Crippen molar-refractivity contribution in [2.45, 2.75) is 19.0 Å². The summed E-state index contributed by atoms with van der Waals surface area (Å²) in [6.07, 6.45) is 2.31. The van der Waals surface area contributed by atoms with E-state index in [-0.39, 0.29) is 6.17 Å². The van der Waals surface area contributed by atoms with Crippen molar-refractivity contribution in [2.24, 2.45) is 5.92 Å². The van der Waals surface area contributed by atoms with E-state index in [0.717, 1.165) is 0 Å². The first-order valence-corrected chi connectivity index (χ1v) is 11.3. The van der Waals surface area contributed by atoms with E-state index < -0.39 is 0 Å². The summed E-state index contributed by atoms with van der Waals surface area (Å²) < 4.78 is 0. The number of benzene rings is 4. The Labute approximate surface area is 190 Å². The highest BCUT2D eigenvalue weighted by atomic mass is 15.4. The molecule has 0 saturated carbocycles. The molecule has 4 aromatic rings. The van der Waals surface area contributed by atoms with Crippen LogP contribution in [0.25, 0.3) is 11.1 Å². The highest BCUT2D eigenvalue weighted by Gasteiger charge is 2.47. The van der Waals surface area contributed by atoms with Crippen LogP contribution in [0.5, 0.6) is 0 Å². The molecule has 0 spiro atoms. The lowest BCUT2D eigenvalue weighted by Gasteiger charge is -2.45. The fourth-order valence-electron chi connectivity index (χ4n) is 5.63. The number of nitrogens with zero attached hydrogens (tertiary/aromatic N) is 2. The molecule has 3 atom stereocenters. The molecule has 0 saturated heterocycles. The van der Waals surface area contributed by atoms with Crippen molar-refractivity contribution in [2.75, 3.05) is 9.80 Å². The van der Waals surface area contributed by atoms with Gasteiger partial charge >= 0.3 is 0 Å². The zero-order chi connectivity index (χ0) is 21.7. The van der Waals surface area contributed by atoms with Gasteiger partial charge in [0.15, 0.2) is 0 Å². The molecule has 32 heavy (non-hydrogen) atoms. The van der Waals surface area contributed by atoms with Crippen LogP contribution in [0, 0.1) is 5.92 Å². The molecule has 0 fully saturated rings. The molecule has 2 heterocycles.